The van der Waals surface area contributed by atoms with Crippen LogP contribution < -0.4 is 4.90 Å². The lowest BCUT2D eigenvalue weighted by Crippen LogP contribution is -2.47. The van der Waals surface area contributed by atoms with Gasteiger partial charge in [-0.15, -0.1) is 0 Å². The molecule has 8 nitrogen and oxygen atoms in total. The molecule has 3 heterocycles. The summed E-state index contributed by atoms with van der Waals surface area (Å²) in [4.78, 5) is 22.5. The maximum absolute atomic E-state index is 13.8. The number of ketones is 1. The molecule has 39 heavy (non-hydrogen) atoms. The highest BCUT2D eigenvalue weighted by Gasteiger charge is 2.43. The van der Waals surface area contributed by atoms with Crippen molar-refractivity contribution in [3.63, 3.8) is 0 Å². The minimum Gasteiger partial charge on any atom is -0.505 e. The van der Waals surface area contributed by atoms with Crippen molar-refractivity contribution in [1.82, 2.24) is 14.2 Å². The van der Waals surface area contributed by atoms with E-state index in [1.165, 1.54) is 0 Å². The number of anilines is 1. The first kappa shape index (κ1) is 27.2. The number of allylic oxidation sites excluding steroid dienone is 1. The van der Waals surface area contributed by atoms with E-state index in [0.29, 0.717) is 34.8 Å². The maximum Gasteiger partial charge on any atom is 0.282 e. The number of nitrogens with zero attached hydrogens (tertiary/aromatic N) is 4. The molecule has 0 aliphatic carbocycles. The lowest BCUT2D eigenvalue weighted by atomic mass is 10.0. The average molecular weight is 567 g/mol. The number of aromatic nitrogens is 1. The van der Waals surface area contributed by atoms with Gasteiger partial charge in [-0.2, -0.15) is 8.42 Å². The van der Waals surface area contributed by atoms with Crippen molar-refractivity contribution in [2.75, 3.05) is 44.2 Å². The topological polar surface area (TPSA) is 94.1 Å². The molecule has 0 radical (unpaired) electrons. The smallest absolute Gasteiger partial charge is 0.282 e. The highest BCUT2D eigenvalue weighted by Crippen LogP contribution is 2.36. The molecule has 0 unspecified atom stereocenters. The number of halogens is 1. The van der Waals surface area contributed by atoms with E-state index in [0.717, 1.165) is 36.2 Å². The summed E-state index contributed by atoms with van der Waals surface area (Å²) in [5.41, 5.74) is 2.28. The molecule has 2 aliphatic rings. The number of aliphatic hydroxyl groups is 1. The van der Waals surface area contributed by atoms with Crippen LogP contribution >= 0.6 is 11.6 Å². The van der Waals surface area contributed by atoms with Gasteiger partial charge in [-0.3, -0.25) is 14.0 Å². The van der Waals surface area contributed by atoms with E-state index in [-0.39, 0.29) is 28.6 Å². The van der Waals surface area contributed by atoms with Crippen molar-refractivity contribution >= 4 is 38.9 Å². The third-order valence-corrected chi connectivity index (χ3v) is 9.15. The van der Waals surface area contributed by atoms with Crippen molar-refractivity contribution < 1.29 is 18.3 Å². The normalized spacial score (nSPS) is 18.7. The van der Waals surface area contributed by atoms with E-state index in [1.54, 1.807) is 50.2 Å². The number of hydrogen-bond acceptors (Lipinski definition) is 7. The third-order valence-electron chi connectivity index (χ3n) is 7.19. The zero-order valence-corrected chi connectivity index (χ0v) is 23.5. The van der Waals surface area contributed by atoms with Crippen LogP contribution in [0.1, 0.15) is 33.6 Å². The first-order valence-electron chi connectivity index (χ1n) is 12.9. The number of hydrogen-bond donors (Lipinski definition) is 1. The molecule has 204 valence electrons. The van der Waals surface area contributed by atoms with Crippen LogP contribution in [0.25, 0.3) is 5.76 Å². The van der Waals surface area contributed by atoms with Gasteiger partial charge in [0.05, 0.1) is 5.56 Å². The standard InChI is InChI=1S/C29H31ClN4O4S/c1-20-18-21(2)31-29-25(20)28(36)26(27(35)22-8-4-3-5-9-22)34(39(29,37)38)13-7-12-32-14-16-33(17-15-32)24-11-6-10-23(30)19-24/h3-6,8-11,18-19,35H,7,12-17H2,1-2H3/b27-26+. The molecule has 5 rings (SSSR count). The molecule has 0 bridgehead atoms. The lowest BCUT2D eigenvalue weighted by molar-refractivity contribution is 0.0995. The molecule has 2 aliphatic heterocycles. The highest BCUT2D eigenvalue weighted by atomic mass is 35.5. The quantitative estimate of drug-likeness (QED) is 0.342. The van der Waals surface area contributed by atoms with Crippen LogP contribution in [0, 0.1) is 13.8 Å². The summed E-state index contributed by atoms with van der Waals surface area (Å²) in [5.74, 6) is -0.897. The number of rotatable bonds is 6. The second-order valence-corrected chi connectivity index (χ2v) is 12.1. The second kappa shape index (κ2) is 11.0. The number of piperazine rings is 1. The van der Waals surface area contributed by atoms with Gasteiger partial charge in [0.15, 0.2) is 10.8 Å². The van der Waals surface area contributed by atoms with Crippen LogP contribution in [0.4, 0.5) is 5.69 Å². The molecule has 0 saturated carbocycles. The first-order chi connectivity index (χ1) is 18.7. The van der Waals surface area contributed by atoms with Crippen molar-refractivity contribution in [2.45, 2.75) is 25.3 Å². The first-order valence-corrected chi connectivity index (χ1v) is 14.8. The molecule has 0 amide bonds. The number of Topliss-reactive ketones (excluding diaryl/α,β-unsaturated/α-hetero) is 1. The molecule has 0 spiro atoms. The Balaban J connectivity index is 1.38. The molecule has 1 fully saturated rings. The molecule has 3 aromatic rings. The largest absolute Gasteiger partial charge is 0.505 e. The van der Waals surface area contributed by atoms with E-state index in [2.05, 4.69) is 14.8 Å². The molecule has 1 saturated heterocycles. The number of benzene rings is 2. The third kappa shape index (κ3) is 5.39. The Morgan fingerprint density at radius 3 is 2.38 bits per heavy atom. The number of pyridine rings is 1. The monoisotopic (exact) mass is 566 g/mol. The van der Waals surface area contributed by atoms with Gasteiger partial charge in [0.1, 0.15) is 5.70 Å². The number of sulfonamides is 1. The van der Waals surface area contributed by atoms with Crippen molar-refractivity contribution in [2.24, 2.45) is 0 Å². The fourth-order valence-electron chi connectivity index (χ4n) is 5.25. The van der Waals surface area contributed by atoms with Crippen LogP contribution in [-0.2, 0) is 10.0 Å². The van der Waals surface area contributed by atoms with E-state index in [4.69, 9.17) is 11.6 Å². The van der Waals surface area contributed by atoms with Crippen LogP contribution in [-0.4, -0.2) is 72.8 Å². The Morgan fingerprint density at radius 1 is 0.974 bits per heavy atom. The van der Waals surface area contributed by atoms with Gasteiger partial charge in [0, 0.05) is 61.2 Å². The zero-order valence-electron chi connectivity index (χ0n) is 22.0. The van der Waals surface area contributed by atoms with Crippen molar-refractivity contribution in [1.29, 1.82) is 0 Å². The molecular weight excluding hydrogens is 536 g/mol. The molecular formula is C29H31ClN4O4S. The Kier molecular flexibility index (Phi) is 7.66. The molecule has 1 N–H and O–H groups in total. The summed E-state index contributed by atoms with van der Waals surface area (Å²) in [6.45, 7) is 7.38. The molecule has 1 aromatic heterocycles. The van der Waals surface area contributed by atoms with Gasteiger partial charge in [-0.25, -0.2) is 4.98 Å². The van der Waals surface area contributed by atoms with Crippen molar-refractivity contribution in [3.05, 3.63) is 93.8 Å². The van der Waals surface area contributed by atoms with Crippen LogP contribution in [0.5, 0.6) is 0 Å². The summed E-state index contributed by atoms with van der Waals surface area (Å²) in [7, 11) is -4.17. The predicted octanol–water partition coefficient (Wildman–Crippen LogP) is 4.68. The van der Waals surface area contributed by atoms with Gasteiger partial charge in [0.25, 0.3) is 10.0 Å². The fraction of sp³-hybridized carbons (Fsp3) is 0.310. The molecule has 10 heteroatoms. The van der Waals surface area contributed by atoms with E-state index >= 15 is 0 Å². The fourth-order valence-corrected chi connectivity index (χ4v) is 7.20. The van der Waals surface area contributed by atoms with Gasteiger partial charge >= 0.3 is 0 Å². The summed E-state index contributed by atoms with van der Waals surface area (Å²) in [6, 6.07) is 18.0. The van der Waals surface area contributed by atoms with Gasteiger partial charge in [-0.05, 0) is 50.1 Å². The Hall–Kier alpha value is -3.40. The van der Waals surface area contributed by atoms with E-state index < -0.39 is 15.8 Å². The van der Waals surface area contributed by atoms with Crippen LogP contribution in [0.3, 0.4) is 0 Å². The zero-order chi connectivity index (χ0) is 27.7. The highest BCUT2D eigenvalue weighted by molar-refractivity contribution is 7.89. The summed E-state index contributed by atoms with van der Waals surface area (Å²) < 4.78 is 28.7. The van der Waals surface area contributed by atoms with Crippen LogP contribution in [0.15, 0.2) is 71.4 Å². The Bertz CT molecular complexity index is 1530. The van der Waals surface area contributed by atoms with E-state index in [9.17, 15) is 18.3 Å². The summed E-state index contributed by atoms with van der Waals surface area (Å²) in [6.07, 6.45) is 0.482. The molecule has 0 atom stereocenters. The summed E-state index contributed by atoms with van der Waals surface area (Å²) >= 11 is 6.15. The number of carbonyl (C=O) groups is 1. The average Bonchev–Trinajstić information content (AvgIpc) is 2.92. The van der Waals surface area contributed by atoms with E-state index in [1.807, 2.05) is 24.3 Å². The minimum absolute atomic E-state index is 0.0199. The maximum atomic E-state index is 13.8. The van der Waals surface area contributed by atoms with Gasteiger partial charge < -0.3 is 10.0 Å². The number of fused-ring (bicyclic) bond motifs is 1. The molecule has 2 aromatic carbocycles. The number of carbonyl (C=O) groups excluding carboxylic acids is 1. The number of aryl methyl sites for hydroxylation is 2. The van der Waals surface area contributed by atoms with Gasteiger partial charge in [-0.1, -0.05) is 48.0 Å². The Labute approximate surface area is 234 Å². The van der Waals surface area contributed by atoms with Crippen LogP contribution in [0.2, 0.25) is 5.02 Å². The minimum atomic E-state index is -4.17. The Morgan fingerprint density at radius 2 is 1.69 bits per heavy atom. The SMILES string of the molecule is Cc1cc(C)c2c(n1)S(=O)(=O)N(CCCN1CCN(c3cccc(Cl)c3)CC1)/C(=C(/O)c1ccccc1)C2=O. The second-order valence-electron chi connectivity index (χ2n) is 9.89. The predicted molar refractivity (Wildman–Crippen MR) is 153 cm³/mol. The summed E-state index contributed by atoms with van der Waals surface area (Å²) in [5, 5.41) is 11.7. The van der Waals surface area contributed by atoms with Crippen molar-refractivity contribution in [3.8, 4) is 0 Å². The van der Waals surface area contributed by atoms with Gasteiger partial charge in [0.2, 0.25) is 5.78 Å². The lowest BCUT2D eigenvalue weighted by Gasteiger charge is -2.37. The number of aliphatic hydroxyl groups excluding tert-OH is 1.